The molecule has 9 nitrogen and oxygen atoms in total. The van der Waals surface area contributed by atoms with Crippen LogP contribution in [0.2, 0.25) is 0 Å². The molecule has 0 radical (unpaired) electrons. The zero-order valence-electron chi connectivity index (χ0n) is 19.7. The molecule has 0 aromatic carbocycles. The summed E-state index contributed by atoms with van der Waals surface area (Å²) < 4.78 is 7.96. The standard InChI is InChI=1S/C24H32N8O/c1-5-31-9-6-7-19(31)15-33-21(14-25)24(26-4)18-8-10-32-20(12-18)13-23(30-32)29-22-11-16(2)27-17(3)28-22/h8,10-14,19H,5-7,9,15,25H2,1-4H3,(H,27,28,29,30)/b21-14-,26-24?/t19-/m1/s1. The lowest BCUT2D eigenvalue weighted by molar-refractivity contribution is 0.137. The third kappa shape index (κ3) is 5.14. The summed E-state index contributed by atoms with van der Waals surface area (Å²) in [4.78, 5) is 15.7. The number of nitrogens with one attached hydrogen (secondary N) is 1. The molecule has 1 aliphatic rings. The molecule has 0 saturated carbocycles. The van der Waals surface area contributed by atoms with Crippen molar-refractivity contribution in [1.82, 2.24) is 24.5 Å². The Hall–Kier alpha value is -3.46. The number of anilines is 2. The Balaban J connectivity index is 1.52. The molecule has 0 spiro atoms. The highest BCUT2D eigenvalue weighted by Gasteiger charge is 2.24. The third-order valence-corrected chi connectivity index (χ3v) is 5.90. The van der Waals surface area contributed by atoms with E-state index in [2.05, 4.69) is 37.2 Å². The second-order valence-corrected chi connectivity index (χ2v) is 8.22. The maximum absolute atomic E-state index is 6.15. The number of likely N-dealkylation sites (N-methyl/N-ethyl adjacent to an activating group) is 1. The van der Waals surface area contributed by atoms with Crippen molar-refractivity contribution in [2.45, 2.75) is 39.7 Å². The number of pyridine rings is 1. The van der Waals surface area contributed by atoms with E-state index in [9.17, 15) is 0 Å². The van der Waals surface area contributed by atoms with Crippen molar-refractivity contribution in [2.75, 3.05) is 32.1 Å². The maximum atomic E-state index is 6.15. The number of hydrogen-bond donors (Lipinski definition) is 2. The van der Waals surface area contributed by atoms with E-state index in [4.69, 9.17) is 10.5 Å². The van der Waals surface area contributed by atoms with E-state index in [0.29, 0.717) is 35.9 Å². The number of allylic oxidation sites excluding steroid dienone is 1. The van der Waals surface area contributed by atoms with Gasteiger partial charge in [-0.1, -0.05) is 6.92 Å². The number of nitrogens with zero attached hydrogens (tertiary/aromatic N) is 6. The van der Waals surface area contributed by atoms with Crippen molar-refractivity contribution in [2.24, 2.45) is 10.7 Å². The molecule has 174 valence electrons. The maximum Gasteiger partial charge on any atom is 0.160 e. The summed E-state index contributed by atoms with van der Waals surface area (Å²) in [5, 5.41) is 7.85. The molecule has 1 atom stereocenters. The number of aryl methyl sites for hydroxylation is 2. The minimum absolute atomic E-state index is 0.420. The fourth-order valence-corrected chi connectivity index (χ4v) is 4.38. The minimum Gasteiger partial charge on any atom is -0.488 e. The smallest absolute Gasteiger partial charge is 0.160 e. The SMILES string of the molecule is CCN1CCC[C@@H]1CO/C(=C\N)C(=NC)c1ccn2nc(Nc3cc(C)nc(C)n3)cc2c1. The summed E-state index contributed by atoms with van der Waals surface area (Å²) >= 11 is 0. The Morgan fingerprint density at radius 1 is 1.27 bits per heavy atom. The van der Waals surface area contributed by atoms with Crippen LogP contribution in [0, 0.1) is 13.8 Å². The van der Waals surface area contributed by atoms with Crippen LogP contribution in [0.4, 0.5) is 11.6 Å². The fourth-order valence-electron chi connectivity index (χ4n) is 4.38. The van der Waals surface area contributed by atoms with Crippen molar-refractivity contribution in [3.05, 3.63) is 59.5 Å². The fraction of sp³-hybridized carbons (Fsp3) is 0.417. The summed E-state index contributed by atoms with van der Waals surface area (Å²) in [6.07, 6.45) is 5.76. The van der Waals surface area contributed by atoms with E-state index in [-0.39, 0.29) is 0 Å². The zero-order valence-corrected chi connectivity index (χ0v) is 19.7. The van der Waals surface area contributed by atoms with Crippen LogP contribution in [0.1, 0.15) is 36.8 Å². The van der Waals surface area contributed by atoms with E-state index < -0.39 is 0 Å². The molecule has 0 amide bonds. The number of likely N-dealkylation sites (tertiary alicyclic amines) is 1. The highest BCUT2D eigenvalue weighted by molar-refractivity contribution is 6.11. The number of aromatic nitrogens is 4. The van der Waals surface area contributed by atoms with Gasteiger partial charge in [-0.3, -0.25) is 9.89 Å². The zero-order chi connectivity index (χ0) is 23.4. The van der Waals surface area contributed by atoms with Crippen LogP contribution in [0.5, 0.6) is 0 Å². The predicted molar refractivity (Wildman–Crippen MR) is 131 cm³/mol. The molecular weight excluding hydrogens is 416 g/mol. The number of hydrogen-bond acceptors (Lipinski definition) is 8. The molecule has 0 aliphatic carbocycles. The molecule has 3 aromatic heterocycles. The molecule has 4 rings (SSSR count). The van der Waals surface area contributed by atoms with Crippen LogP contribution in [-0.4, -0.2) is 63.0 Å². The molecule has 4 heterocycles. The monoisotopic (exact) mass is 448 g/mol. The predicted octanol–water partition coefficient (Wildman–Crippen LogP) is 3.20. The topological polar surface area (TPSA) is 106 Å². The first-order chi connectivity index (χ1) is 16.0. The number of ether oxygens (including phenoxy) is 1. The first kappa shape index (κ1) is 22.7. The van der Waals surface area contributed by atoms with Gasteiger partial charge in [0, 0.05) is 48.9 Å². The Kier molecular flexibility index (Phi) is 6.88. The highest BCUT2D eigenvalue weighted by Crippen LogP contribution is 2.21. The summed E-state index contributed by atoms with van der Waals surface area (Å²) in [6, 6.07) is 8.27. The lowest BCUT2D eigenvalue weighted by Gasteiger charge is -2.23. The van der Waals surface area contributed by atoms with Crippen LogP contribution < -0.4 is 11.1 Å². The van der Waals surface area contributed by atoms with Gasteiger partial charge in [-0.2, -0.15) is 5.10 Å². The van der Waals surface area contributed by atoms with Crippen molar-refractivity contribution < 1.29 is 4.74 Å². The van der Waals surface area contributed by atoms with Crippen molar-refractivity contribution >= 4 is 22.9 Å². The average Bonchev–Trinajstić information content (AvgIpc) is 3.41. The Morgan fingerprint density at radius 2 is 2.12 bits per heavy atom. The lowest BCUT2D eigenvalue weighted by atomic mass is 10.1. The van der Waals surface area contributed by atoms with E-state index in [0.717, 1.165) is 42.0 Å². The van der Waals surface area contributed by atoms with Gasteiger partial charge in [0.25, 0.3) is 0 Å². The van der Waals surface area contributed by atoms with Crippen LogP contribution in [0.15, 0.2) is 47.4 Å². The van der Waals surface area contributed by atoms with Crippen molar-refractivity contribution in [1.29, 1.82) is 0 Å². The Morgan fingerprint density at radius 3 is 2.85 bits per heavy atom. The quantitative estimate of drug-likeness (QED) is 0.403. The summed E-state index contributed by atoms with van der Waals surface area (Å²) in [5.74, 6) is 2.73. The van der Waals surface area contributed by atoms with Gasteiger partial charge in [-0.05, 0) is 51.9 Å². The summed E-state index contributed by atoms with van der Waals surface area (Å²) in [7, 11) is 1.75. The largest absolute Gasteiger partial charge is 0.488 e. The average molecular weight is 449 g/mol. The van der Waals surface area contributed by atoms with E-state index in [1.165, 1.54) is 12.6 Å². The normalized spacial score (nSPS) is 17.6. The van der Waals surface area contributed by atoms with Crippen LogP contribution in [0.25, 0.3) is 5.52 Å². The summed E-state index contributed by atoms with van der Waals surface area (Å²) in [5.41, 5.74) is 9.41. The number of rotatable bonds is 8. The number of nitrogens with two attached hydrogens (primary N) is 1. The van der Waals surface area contributed by atoms with E-state index in [1.807, 2.05) is 48.8 Å². The van der Waals surface area contributed by atoms with Crippen LogP contribution >= 0.6 is 0 Å². The van der Waals surface area contributed by atoms with Crippen LogP contribution in [0.3, 0.4) is 0 Å². The molecule has 3 N–H and O–H groups in total. The summed E-state index contributed by atoms with van der Waals surface area (Å²) in [6.45, 7) is 8.77. The third-order valence-electron chi connectivity index (χ3n) is 5.90. The molecule has 1 saturated heterocycles. The Labute approximate surface area is 194 Å². The van der Waals surface area contributed by atoms with Gasteiger partial charge < -0.3 is 15.8 Å². The van der Waals surface area contributed by atoms with E-state index in [1.54, 1.807) is 7.05 Å². The first-order valence-corrected chi connectivity index (χ1v) is 11.4. The van der Waals surface area contributed by atoms with Gasteiger partial charge in [0.05, 0.1) is 5.52 Å². The molecular formula is C24H32N8O. The van der Waals surface area contributed by atoms with Gasteiger partial charge in [-0.15, -0.1) is 0 Å². The first-order valence-electron chi connectivity index (χ1n) is 11.4. The molecule has 9 heteroatoms. The van der Waals surface area contributed by atoms with Gasteiger partial charge in [0.2, 0.25) is 0 Å². The number of fused-ring (bicyclic) bond motifs is 1. The second kappa shape index (κ2) is 9.99. The van der Waals surface area contributed by atoms with Crippen molar-refractivity contribution in [3.63, 3.8) is 0 Å². The Bertz CT molecular complexity index is 1160. The molecule has 3 aromatic rings. The van der Waals surface area contributed by atoms with Crippen LogP contribution in [-0.2, 0) is 4.74 Å². The molecule has 33 heavy (non-hydrogen) atoms. The molecule has 1 aliphatic heterocycles. The van der Waals surface area contributed by atoms with Gasteiger partial charge >= 0.3 is 0 Å². The van der Waals surface area contributed by atoms with Gasteiger partial charge in [-0.25, -0.2) is 14.5 Å². The molecule has 0 bridgehead atoms. The van der Waals surface area contributed by atoms with Gasteiger partial charge in [0.15, 0.2) is 11.6 Å². The van der Waals surface area contributed by atoms with Crippen molar-refractivity contribution in [3.8, 4) is 0 Å². The molecule has 0 unspecified atom stereocenters. The highest BCUT2D eigenvalue weighted by atomic mass is 16.5. The minimum atomic E-state index is 0.420. The number of aliphatic imine (C=N–C) groups is 1. The van der Waals surface area contributed by atoms with Gasteiger partial charge in [0.1, 0.15) is 24.0 Å². The second-order valence-electron chi connectivity index (χ2n) is 8.22. The molecule has 1 fully saturated rings. The lowest BCUT2D eigenvalue weighted by Crippen LogP contribution is -2.33. The van der Waals surface area contributed by atoms with E-state index >= 15 is 0 Å².